The highest BCUT2D eigenvalue weighted by atomic mass is 35.5. The second kappa shape index (κ2) is 10.2. The van der Waals surface area contributed by atoms with Crippen LogP contribution in [-0.2, 0) is 0 Å². The van der Waals surface area contributed by atoms with E-state index in [2.05, 4.69) is 32.3 Å². The van der Waals surface area contributed by atoms with Crippen molar-refractivity contribution in [3.05, 3.63) is 84.7 Å². The first-order valence-corrected chi connectivity index (χ1v) is 17.8. The lowest BCUT2D eigenvalue weighted by molar-refractivity contribution is 1.26. The van der Waals surface area contributed by atoms with E-state index in [1.54, 1.807) is 18.2 Å². The molecule has 0 N–H and O–H groups in total. The minimum atomic E-state index is -1.36. The van der Waals surface area contributed by atoms with Crippen molar-refractivity contribution in [1.82, 2.24) is 0 Å². The molecule has 0 saturated carbocycles. The number of rotatable bonds is 3. The van der Waals surface area contributed by atoms with Crippen LogP contribution in [0.4, 0.5) is 17.1 Å². The summed E-state index contributed by atoms with van der Waals surface area (Å²) >= 11 is 39.5. The molecule has 0 amide bonds. The average Bonchev–Trinajstić information content (AvgIpc) is 2.77. The van der Waals surface area contributed by atoms with E-state index in [9.17, 15) is 0 Å². The van der Waals surface area contributed by atoms with Gasteiger partial charge < -0.3 is 12.7 Å². The molecule has 1 saturated heterocycles. The zero-order valence-electron chi connectivity index (χ0n) is 17.8. The smallest absolute Gasteiger partial charge is 0.279 e. The van der Waals surface area contributed by atoms with E-state index in [4.69, 9.17) is 69.6 Å². The molecular formula is C21H18Cl6N3Si3. The summed E-state index contributed by atoms with van der Waals surface area (Å²) in [7, 11) is -4.07. The van der Waals surface area contributed by atoms with Crippen molar-refractivity contribution in [3.63, 3.8) is 0 Å². The summed E-state index contributed by atoms with van der Waals surface area (Å²) in [5, 5.41) is 3.17. The Bertz CT molecular complexity index is 1040. The summed E-state index contributed by atoms with van der Waals surface area (Å²) < 4.78 is 7.24. The topological polar surface area (TPSA) is 9.72 Å². The molecule has 0 bridgehead atoms. The van der Waals surface area contributed by atoms with Crippen LogP contribution >= 0.6 is 69.6 Å². The van der Waals surface area contributed by atoms with Gasteiger partial charge in [0.05, 0.1) is 30.1 Å². The van der Waals surface area contributed by atoms with Crippen LogP contribution in [0.3, 0.4) is 0 Å². The predicted molar refractivity (Wildman–Crippen MR) is 152 cm³/mol. The van der Waals surface area contributed by atoms with Gasteiger partial charge in [0.1, 0.15) is 0 Å². The van der Waals surface area contributed by atoms with E-state index in [-0.39, 0.29) is 0 Å². The van der Waals surface area contributed by atoms with Crippen molar-refractivity contribution in [2.45, 2.75) is 19.6 Å². The Morgan fingerprint density at radius 3 is 0.939 bits per heavy atom. The first-order chi connectivity index (χ1) is 15.6. The third-order valence-corrected chi connectivity index (χ3v) is 19.0. The molecule has 1 aliphatic heterocycles. The Morgan fingerprint density at radius 2 is 0.697 bits per heavy atom. The molecule has 0 aliphatic carbocycles. The summed E-state index contributed by atoms with van der Waals surface area (Å²) in [6.45, 7) is 6.75. The Labute approximate surface area is 229 Å². The van der Waals surface area contributed by atoms with Crippen molar-refractivity contribution in [1.29, 1.82) is 0 Å². The third kappa shape index (κ3) is 4.55. The zero-order valence-corrected chi connectivity index (χ0v) is 25.3. The van der Waals surface area contributed by atoms with Crippen LogP contribution in [0.5, 0.6) is 0 Å². The maximum Gasteiger partial charge on any atom is 0.279 e. The fourth-order valence-electron chi connectivity index (χ4n) is 4.04. The maximum absolute atomic E-state index is 6.73. The Kier molecular flexibility index (Phi) is 7.90. The SMILES string of the molecule is C[Si]1N(c2cccc(Cl)c2Cl)[Si](C)N(c2cccc(Cl)c2Cl)[Si](C)N1c1cccc(Cl)c1Cl. The lowest BCUT2D eigenvalue weighted by atomic mass is 10.3. The Morgan fingerprint density at radius 1 is 0.455 bits per heavy atom. The van der Waals surface area contributed by atoms with Gasteiger partial charge in [-0.3, -0.25) is 0 Å². The minimum Gasteiger partial charge on any atom is -0.391 e. The number of benzene rings is 3. The monoisotopic (exact) mass is 606 g/mol. The van der Waals surface area contributed by atoms with Crippen molar-refractivity contribution >= 4 is 114 Å². The largest absolute Gasteiger partial charge is 0.391 e. The van der Waals surface area contributed by atoms with Gasteiger partial charge in [-0.1, -0.05) is 87.8 Å². The van der Waals surface area contributed by atoms with Crippen LogP contribution in [0.25, 0.3) is 0 Å². The molecule has 3 radical (unpaired) electrons. The third-order valence-electron chi connectivity index (χ3n) is 5.46. The Hall–Kier alpha value is -0.549. The molecular weight excluding hydrogens is 591 g/mol. The van der Waals surface area contributed by atoms with Gasteiger partial charge in [-0.05, 0) is 56.0 Å². The molecule has 12 heteroatoms. The van der Waals surface area contributed by atoms with Crippen LogP contribution in [-0.4, -0.2) is 27.4 Å². The van der Waals surface area contributed by atoms with E-state index in [1.165, 1.54) is 0 Å². The Balaban J connectivity index is 1.95. The molecule has 0 spiro atoms. The van der Waals surface area contributed by atoms with Gasteiger partial charge in [0.15, 0.2) is 0 Å². The second-order valence-corrected chi connectivity index (χ2v) is 17.0. The van der Waals surface area contributed by atoms with E-state index < -0.39 is 27.4 Å². The quantitative estimate of drug-likeness (QED) is 0.275. The highest BCUT2D eigenvalue weighted by Gasteiger charge is 2.47. The normalized spacial score (nSPS) is 16.1. The number of nitrogens with zero attached hydrogens (tertiary/aromatic N) is 3. The van der Waals surface area contributed by atoms with E-state index in [1.807, 2.05) is 36.4 Å². The number of halogens is 6. The summed E-state index contributed by atoms with van der Waals surface area (Å²) in [6.07, 6.45) is 0. The lowest BCUT2D eigenvalue weighted by Gasteiger charge is -2.55. The van der Waals surface area contributed by atoms with Crippen molar-refractivity contribution < 1.29 is 0 Å². The first kappa shape index (κ1) is 25.5. The molecule has 3 aromatic rings. The molecule has 3 aromatic carbocycles. The van der Waals surface area contributed by atoms with Gasteiger partial charge in [-0.2, -0.15) is 0 Å². The van der Waals surface area contributed by atoms with Gasteiger partial charge in [0.2, 0.25) is 0 Å². The molecule has 3 nitrogen and oxygen atoms in total. The van der Waals surface area contributed by atoms with Gasteiger partial charge in [0.25, 0.3) is 27.4 Å². The average molecular weight is 609 g/mol. The van der Waals surface area contributed by atoms with Crippen LogP contribution in [0.1, 0.15) is 0 Å². The molecule has 0 unspecified atom stereocenters. The van der Waals surface area contributed by atoms with E-state index in [0.717, 1.165) is 17.1 Å². The molecule has 171 valence electrons. The molecule has 4 rings (SSSR count). The van der Waals surface area contributed by atoms with Crippen LogP contribution in [0.15, 0.2) is 54.6 Å². The van der Waals surface area contributed by atoms with E-state index >= 15 is 0 Å². The fraction of sp³-hybridized carbons (Fsp3) is 0.143. The predicted octanol–water partition coefficient (Wildman–Crippen LogP) is 8.79. The van der Waals surface area contributed by atoms with Crippen LogP contribution in [0, 0.1) is 0 Å². The van der Waals surface area contributed by atoms with Crippen LogP contribution < -0.4 is 12.7 Å². The molecule has 0 aromatic heterocycles. The second-order valence-electron chi connectivity index (χ2n) is 7.37. The first-order valence-electron chi connectivity index (χ1n) is 9.88. The number of hydrogen-bond donors (Lipinski definition) is 0. The fourth-order valence-corrected chi connectivity index (χ4v) is 17.7. The van der Waals surface area contributed by atoms with Gasteiger partial charge in [-0.15, -0.1) is 0 Å². The molecule has 1 fully saturated rings. The van der Waals surface area contributed by atoms with Crippen molar-refractivity contribution in [3.8, 4) is 0 Å². The van der Waals surface area contributed by atoms with Gasteiger partial charge in [0, 0.05) is 17.1 Å². The maximum atomic E-state index is 6.73. The van der Waals surface area contributed by atoms with Gasteiger partial charge in [-0.25, -0.2) is 0 Å². The molecule has 0 atom stereocenters. The highest BCUT2D eigenvalue weighted by Crippen LogP contribution is 2.43. The van der Waals surface area contributed by atoms with E-state index in [0.29, 0.717) is 30.1 Å². The van der Waals surface area contributed by atoms with Crippen LogP contribution in [0.2, 0.25) is 49.8 Å². The highest BCUT2D eigenvalue weighted by molar-refractivity contribution is 7.04. The zero-order chi connectivity index (χ0) is 24.0. The standard InChI is InChI=1S/C21H18Cl6N3Si3/c1-31-28(16-10-4-7-13(22)19(16)25)32(2)30(18-12-6-9-15(24)21(18)27)33(3)29(31)17-11-5-8-14(23)20(17)26/h4-12H,1-3H3. The number of hydrogen-bond acceptors (Lipinski definition) is 3. The minimum absolute atomic E-state index is 0.519. The summed E-state index contributed by atoms with van der Waals surface area (Å²) in [5.41, 5.74) is 2.70. The van der Waals surface area contributed by atoms with Crippen molar-refractivity contribution in [2.75, 3.05) is 12.7 Å². The lowest BCUT2D eigenvalue weighted by Crippen LogP contribution is -2.77. The molecule has 1 aliphatic rings. The number of anilines is 3. The summed E-state index contributed by atoms with van der Waals surface area (Å²) in [5.74, 6) is 0. The van der Waals surface area contributed by atoms with Crippen molar-refractivity contribution in [2.24, 2.45) is 0 Å². The molecule has 1 heterocycles. The summed E-state index contributed by atoms with van der Waals surface area (Å²) in [4.78, 5) is 0. The molecule has 33 heavy (non-hydrogen) atoms. The van der Waals surface area contributed by atoms with Gasteiger partial charge >= 0.3 is 0 Å². The summed E-state index contributed by atoms with van der Waals surface area (Å²) in [6, 6.07) is 17.2.